The number of aryl methyl sites for hydroxylation is 6. The molecule has 6 aromatic rings. The maximum Gasteiger partial charge on any atom is 0.343 e. The van der Waals surface area contributed by atoms with Crippen molar-refractivity contribution in [1.82, 2.24) is 9.13 Å². The first-order chi connectivity index (χ1) is 23.4. The Balaban J connectivity index is 0.000000189. The van der Waals surface area contributed by atoms with E-state index in [1.54, 1.807) is 7.11 Å². The molecule has 262 valence electrons. The van der Waals surface area contributed by atoms with Gasteiger partial charge in [0.05, 0.1) is 25.3 Å². The van der Waals surface area contributed by atoms with Gasteiger partial charge < -0.3 is 23.3 Å². The van der Waals surface area contributed by atoms with Gasteiger partial charge in [0.1, 0.15) is 11.5 Å². The molecule has 2 heterocycles. The summed E-state index contributed by atoms with van der Waals surface area (Å²) in [5, 5.41) is 2.35. The molecule has 6 heteroatoms. The first-order valence-electron chi connectivity index (χ1n) is 17.1. The fourth-order valence-electron chi connectivity index (χ4n) is 7.67. The van der Waals surface area contributed by atoms with Gasteiger partial charge in [-0.3, -0.25) is 0 Å². The Morgan fingerprint density at radius 3 is 1.56 bits per heavy atom. The van der Waals surface area contributed by atoms with E-state index in [4.69, 9.17) is 14.2 Å². The molecule has 6 nitrogen and oxygen atoms in total. The van der Waals surface area contributed by atoms with E-state index in [9.17, 15) is 4.79 Å². The summed E-state index contributed by atoms with van der Waals surface area (Å²) in [6.45, 7) is 6.03. The highest BCUT2D eigenvalue weighted by Crippen LogP contribution is 2.40. The van der Waals surface area contributed by atoms with Crippen molar-refractivity contribution in [3.05, 3.63) is 130 Å². The number of fused-ring (bicyclic) bond motifs is 6. The molecule has 0 fully saturated rings. The molecule has 0 amide bonds. The Labute approximate surface area is 297 Å². The summed E-state index contributed by atoms with van der Waals surface area (Å²) >= 11 is 0. The van der Waals surface area contributed by atoms with Crippen LogP contribution in [0.4, 0.5) is 0 Å². The third-order valence-corrected chi connectivity index (χ3v) is 10.0. The topological polar surface area (TPSA) is 54.6 Å². The van der Waals surface area contributed by atoms with Crippen LogP contribution in [0.15, 0.2) is 84.9 Å². The second-order valence-corrected chi connectivity index (χ2v) is 13.0. The van der Waals surface area contributed by atoms with E-state index in [0.717, 1.165) is 42.8 Å². The van der Waals surface area contributed by atoms with Crippen molar-refractivity contribution in [3.63, 3.8) is 0 Å². The molecule has 2 aliphatic rings. The van der Waals surface area contributed by atoms with Crippen molar-refractivity contribution < 1.29 is 19.0 Å². The minimum absolute atomic E-state index is 0. The smallest absolute Gasteiger partial charge is 0.343 e. The van der Waals surface area contributed by atoms with Gasteiger partial charge in [-0.05, 0) is 110 Å². The minimum Gasteiger partial charge on any atom is -0.496 e. The molecule has 4 aromatic carbocycles. The number of esters is 1. The average molecular weight is 673 g/mol. The summed E-state index contributed by atoms with van der Waals surface area (Å²) < 4.78 is 21.0. The van der Waals surface area contributed by atoms with Crippen molar-refractivity contribution in [1.29, 1.82) is 0 Å². The van der Waals surface area contributed by atoms with E-state index in [0.29, 0.717) is 0 Å². The van der Waals surface area contributed by atoms with Crippen molar-refractivity contribution in [3.8, 4) is 11.5 Å². The van der Waals surface area contributed by atoms with E-state index in [-0.39, 0.29) is 27.4 Å². The van der Waals surface area contributed by atoms with Crippen molar-refractivity contribution in [2.24, 2.45) is 0 Å². The summed E-state index contributed by atoms with van der Waals surface area (Å²) in [4.78, 5) is 11.5. The SMILES string of the molecule is C.C.COC(=O)COc1cc2c(c3c1cc(C)n3Cc1ccccc1)CCC2.COc1cc2c(c3c1cc(C)n3Cc1ccccc1)CCC2. The average Bonchev–Trinajstić information content (AvgIpc) is 3.91. The summed E-state index contributed by atoms with van der Waals surface area (Å²) in [6, 6.07) is 30.0. The van der Waals surface area contributed by atoms with E-state index >= 15 is 0 Å². The zero-order valence-electron chi connectivity index (χ0n) is 28.5. The number of aromatic nitrogens is 2. The lowest BCUT2D eigenvalue weighted by atomic mass is 10.1. The molecule has 2 aromatic heterocycles. The molecule has 0 radical (unpaired) electrons. The van der Waals surface area contributed by atoms with Gasteiger partial charge in [0.15, 0.2) is 6.61 Å². The van der Waals surface area contributed by atoms with Crippen LogP contribution in [0, 0.1) is 13.8 Å². The molecule has 0 unspecified atom stereocenters. The van der Waals surface area contributed by atoms with Crippen LogP contribution in [0.3, 0.4) is 0 Å². The predicted molar refractivity (Wildman–Crippen MR) is 206 cm³/mol. The van der Waals surface area contributed by atoms with Gasteiger partial charge in [0.25, 0.3) is 0 Å². The number of hydrogen-bond donors (Lipinski definition) is 0. The van der Waals surface area contributed by atoms with Crippen molar-refractivity contribution in [2.45, 2.75) is 80.3 Å². The number of ether oxygens (including phenoxy) is 3. The van der Waals surface area contributed by atoms with E-state index in [2.05, 4.69) is 102 Å². The molecule has 2 aliphatic carbocycles. The molecule has 0 N–H and O–H groups in total. The standard InChI is InChI=1S/C22H23NO3.C20H21NO.2CH4/c1-15-11-19-20(26-14-21(24)25-2)12-17-9-6-10-18(17)22(19)23(15)13-16-7-4-3-5-8-16;1-14-11-18-19(22-2)12-16-9-6-10-17(16)20(18)21(14)13-15-7-4-3-5-8-15;;/h3-5,7-8,11-12H,6,9-10,13-14H2,1-2H3;3-5,7-8,11-12H,6,9-10,13H2,1-2H3;2*1H4. The maximum absolute atomic E-state index is 11.5. The highest BCUT2D eigenvalue weighted by Gasteiger charge is 2.23. The molecular formula is C44H52N2O4. The van der Waals surface area contributed by atoms with E-state index in [1.807, 2.05) is 6.07 Å². The first-order valence-corrected chi connectivity index (χ1v) is 17.1. The second kappa shape index (κ2) is 15.7. The lowest BCUT2D eigenvalue weighted by molar-refractivity contribution is -0.142. The quantitative estimate of drug-likeness (QED) is 0.151. The van der Waals surface area contributed by atoms with E-state index in [1.165, 1.54) is 94.0 Å². The Hall–Kier alpha value is -4.97. The van der Waals surface area contributed by atoms with Crippen LogP contribution in [0.1, 0.15) is 72.5 Å². The molecule has 8 rings (SSSR count). The first kappa shape index (κ1) is 36.3. The van der Waals surface area contributed by atoms with Gasteiger partial charge in [-0.1, -0.05) is 75.5 Å². The van der Waals surface area contributed by atoms with E-state index < -0.39 is 0 Å². The summed E-state index contributed by atoms with van der Waals surface area (Å²) in [7, 11) is 3.16. The molecule has 0 saturated heterocycles. The summed E-state index contributed by atoms with van der Waals surface area (Å²) in [5.74, 6) is 1.44. The monoisotopic (exact) mass is 672 g/mol. The van der Waals surface area contributed by atoms with Crippen LogP contribution < -0.4 is 9.47 Å². The molecule has 0 aliphatic heterocycles. The van der Waals surface area contributed by atoms with Crippen molar-refractivity contribution in [2.75, 3.05) is 20.8 Å². The predicted octanol–water partition coefficient (Wildman–Crippen LogP) is 9.81. The maximum atomic E-state index is 11.5. The van der Waals surface area contributed by atoms with Gasteiger partial charge in [0.2, 0.25) is 0 Å². The van der Waals surface area contributed by atoms with Gasteiger partial charge in [-0.25, -0.2) is 4.79 Å². The molecular weight excluding hydrogens is 620 g/mol. The molecule has 0 atom stereocenters. The zero-order chi connectivity index (χ0) is 33.2. The number of carbonyl (C=O) groups excluding carboxylic acids is 1. The van der Waals surface area contributed by atoms with Crippen LogP contribution >= 0.6 is 0 Å². The lowest BCUT2D eigenvalue weighted by Crippen LogP contribution is -2.13. The highest BCUT2D eigenvalue weighted by molar-refractivity contribution is 5.93. The number of hydrogen-bond acceptors (Lipinski definition) is 4. The molecule has 0 spiro atoms. The van der Waals surface area contributed by atoms with Gasteiger partial charge in [-0.2, -0.15) is 0 Å². The van der Waals surface area contributed by atoms with Crippen molar-refractivity contribution >= 4 is 27.8 Å². The fraction of sp³-hybridized carbons (Fsp3) is 0.341. The van der Waals surface area contributed by atoms with Gasteiger partial charge >= 0.3 is 5.97 Å². The number of methoxy groups -OCH3 is 2. The molecule has 0 saturated carbocycles. The van der Waals surface area contributed by atoms with Crippen LogP contribution in [0.2, 0.25) is 0 Å². The third-order valence-electron chi connectivity index (χ3n) is 10.0. The fourth-order valence-corrected chi connectivity index (χ4v) is 7.67. The third kappa shape index (κ3) is 7.02. The van der Waals surface area contributed by atoms with Crippen LogP contribution in [0.25, 0.3) is 21.8 Å². The highest BCUT2D eigenvalue weighted by atomic mass is 16.6. The number of carbonyl (C=O) groups is 1. The summed E-state index contributed by atoms with van der Waals surface area (Å²) in [6.07, 6.45) is 6.95. The van der Waals surface area contributed by atoms with Crippen LogP contribution in [-0.4, -0.2) is 35.9 Å². The van der Waals surface area contributed by atoms with Crippen LogP contribution in [-0.2, 0) is 48.3 Å². The van der Waals surface area contributed by atoms with Gasteiger partial charge in [0, 0.05) is 35.2 Å². The lowest BCUT2D eigenvalue weighted by Gasteiger charge is -2.14. The normalized spacial score (nSPS) is 12.7. The Bertz CT molecular complexity index is 2090. The number of rotatable bonds is 8. The van der Waals surface area contributed by atoms with Gasteiger partial charge in [-0.15, -0.1) is 0 Å². The Morgan fingerprint density at radius 1 is 0.640 bits per heavy atom. The minimum atomic E-state index is -0.362. The second-order valence-electron chi connectivity index (χ2n) is 13.0. The Kier molecular flexibility index (Phi) is 11.4. The summed E-state index contributed by atoms with van der Waals surface area (Å²) in [5.41, 5.74) is 13.5. The van der Waals surface area contributed by atoms with Crippen LogP contribution in [0.5, 0.6) is 11.5 Å². The Morgan fingerprint density at radius 2 is 1.10 bits per heavy atom. The number of benzene rings is 4. The largest absolute Gasteiger partial charge is 0.496 e. The molecule has 0 bridgehead atoms. The number of nitrogens with zero attached hydrogens (tertiary/aromatic N) is 2. The zero-order valence-corrected chi connectivity index (χ0v) is 28.5. The molecule has 50 heavy (non-hydrogen) atoms.